The molecular weight excluding hydrogens is 198 g/mol. The van der Waals surface area contributed by atoms with Crippen molar-refractivity contribution in [3.8, 4) is 0 Å². The highest BCUT2D eigenvalue weighted by molar-refractivity contribution is 5.03. The summed E-state index contributed by atoms with van der Waals surface area (Å²) in [5, 5.41) is 3.07. The minimum Gasteiger partial charge on any atom is -0.305 e. The van der Waals surface area contributed by atoms with Gasteiger partial charge in [-0.15, -0.1) is 0 Å². The fourth-order valence-electron chi connectivity index (χ4n) is 2.39. The summed E-state index contributed by atoms with van der Waals surface area (Å²) >= 11 is 0. The molecule has 1 N–H and O–H groups in total. The van der Waals surface area contributed by atoms with Crippen LogP contribution in [0.1, 0.15) is 32.6 Å². The molecule has 1 unspecified atom stereocenters. The van der Waals surface area contributed by atoms with E-state index >= 15 is 0 Å². The van der Waals surface area contributed by atoms with Crippen LogP contribution >= 0.6 is 0 Å². The molecule has 1 aliphatic carbocycles. The van der Waals surface area contributed by atoms with E-state index in [4.69, 9.17) is 0 Å². The molecule has 0 bridgehead atoms. The normalized spacial score (nSPS) is 32.8. The van der Waals surface area contributed by atoms with Gasteiger partial charge in [0.25, 0.3) is 6.43 Å². The summed E-state index contributed by atoms with van der Waals surface area (Å²) in [6, 6.07) is 0.606. The molecule has 0 spiro atoms. The zero-order valence-electron chi connectivity index (χ0n) is 9.31. The number of alkyl halides is 2. The fourth-order valence-corrected chi connectivity index (χ4v) is 2.39. The van der Waals surface area contributed by atoms with E-state index in [1.54, 1.807) is 0 Å². The first-order chi connectivity index (χ1) is 7.18. The van der Waals surface area contributed by atoms with Crippen molar-refractivity contribution in [2.24, 2.45) is 0 Å². The zero-order chi connectivity index (χ0) is 10.9. The topological polar surface area (TPSA) is 15.3 Å². The Hall–Kier alpha value is -0.220. The van der Waals surface area contributed by atoms with Crippen LogP contribution in [0.15, 0.2) is 0 Å². The van der Waals surface area contributed by atoms with E-state index in [0.29, 0.717) is 25.6 Å². The number of halogens is 2. The SMILES string of the molecule is CCCNC1(C(F)F)CCN(C2CC2)C1. The maximum Gasteiger partial charge on any atom is 0.257 e. The highest BCUT2D eigenvalue weighted by Gasteiger charge is 2.48. The van der Waals surface area contributed by atoms with Crippen molar-refractivity contribution in [2.45, 2.75) is 50.6 Å². The summed E-state index contributed by atoms with van der Waals surface area (Å²) < 4.78 is 26.2. The van der Waals surface area contributed by atoms with Gasteiger partial charge in [0.1, 0.15) is 0 Å². The van der Waals surface area contributed by atoms with E-state index in [1.165, 1.54) is 12.8 Å². The predicted octanol–water partition coefficient (Wildman–Crippen LogP) is 1.86. The molecule has 15 heavy (non-hydrogen) atoms. The third-order valence-electron chi connectivity index (χ3n) is 3.54. The molecule has 2 rings (SSSR count). The Morgan fingerprint density at radius 3 is 2.73 bits per heavy atom. The largest absolute Gasteiger partial charge is 0.305 e. The van der Waals surface area contributed by atoms with Crippen LogP contribution in [0.25, 0.3) is 0 Å². The molecule has 88 valence electrons. The van der Waals surface area contributed by atoms with Crippen LogP contribution in [0.5, 0.6) is 0 Å². The lowest BCUT2D eigenvalue weighted by Gasteiger charge is -2.30. The molecule has 1 heterocycles. The lowest BCUT2D eigenvalue weighted by atomic mass is 9.99. The highest BCUT2D eigenvalue weighted by atomic mass is 19.3. The number of hydrogen-bond donors (Lipinski definition) is 1. The second kappa shape index (κ2) is 4.34. The van der Waals surface area contributed by atoms with Gasteiger partial charge in [-0.05, 0) is 32.2 Å². The third kappa shape index (κ3) is 2.31. The van der Waals surface area contributed by atoms with Crippen molar-refractivity contribution >= 4 is 0 Å². The van der Waals surface area contributed by atoms with E-state index in [1.807, 2.05) is 6.92 Å². The number of hydrogen-bond acceptors (Lipinski definition) is 2. The van der Waals surface area contributed by atoms with E-state index in [0.717, 1.165) is 13.0 Å². The van der Waals surface area contributed by atoms with Crippen molar-refractivity contribution in [3.05, 3.63) is 0 Å². The smallest absolute Gasteiger partial charge is 0.257 e. The first kappa shape index (κ1) is 11.3. The van der Waals surface area contributed by atoms with E-state index < -0.39 is 12.0 Å². The van der Waals surface area contributed by atoms with Gasteiger partial charge in [-0.2, -0.15) is 0 Å². The summed E-state index contributed by atoms with van der Waals surface area (Å²) in [5.74, 6) is 0. The predicted molar refractivity (Wildman–Crippen MR) is 56.2 cm³/mol. The summed E-state index contributed by atoms with van der Waals surface area (Å²) in [6.07, 6.45) is 1.67. The average Bonchev–Trinajstić information content (AvgIpc) is 2.97. The standard InChI is InChI=1S/C11H20F2N2/c1-2-6-14-11(10(12)13)5-7-15(8-11)9-3-4-9/h9-10,14H,2-8H2,1H3. The molecule has 1 atom stereocenters. The molecular formula is C11H20F2N2. The summed E-state index contributed by atoms with van der Waals surface area (Å²) in [6.45, 7) is 4.09. The van der Waals surface area contributed by atoms with Crippen LogP contribution in [0.4, 0.5) is 8.78 Å². The van der Waals surface area contributed by atoms with Gasteiger partial charge in [0.15, 0.2) is 0 Å². The monoisotopic (exact) mass is 218 g/mol. The second-order valence-electron chi connectivity index (χ2n) is 4.84. The molecule has 1 saturated heterocycles. The van der Waals surface area contributed by atoms with E-state index in [-0.39, 0.29) is 0 Å². The first-order valence-electron chi connectivity index (χ1n) is 5.95. The minimum absolute atomic E-state index is 0.537. The highest BCUT2D eigenvalue weighted by Crippen LogP contribution is 2.35. The Balaban J connectivity index is 1.94. The van der Waals surface area contributed by atoms with Gasteiger partial charge >= 0.3 is 0 Å². The Morgan fingerprint density at radius 2 is 2.20 bits per heavy atom. The summed E-state index contributed by atoms with van der Waals surface area (Å²) in [7, 11) is 0. The summed E-state index contributed by atoms with van der Waals surface area (Å²) in [5.41, 5.74) is -0.918. The molecule has 0 amide bonds. The van der Waals surface area contributed by atoms with Crippen molar-refractivity contribution < 1.29 is 8.78 Å². The summed E-state index contributed by atoms with van der Waals surface area (Å²) in [4.78, 5) is 2.23. The van der Waals surface area contributed by atoms with Gasteiger partial charge in [-0.1, -0.05) is 6.92 Å². The van der Waals surface area contributed by atoms with E-state index in [9.17, 15) is 8.78 Å². The molecule has 0 aromatic rings. The molecule has 0 aromatic carbocycles. The van der Waals surface area contributed by atoms with Crippen molar-refractivity contribution in [2.75, 3.05) is 19.6 Å². The lowest BCUT2D eigenvalue weighted by molar-refractivity contribution is 0.0342. The van der Waals surface area contributed by atoms with Crippen LogP contribution in [0, 0.1) is 0 Å². The molecule has 2 aliphatic rings. The number of nitrogens with one attached hydrogen (secondary N) is 1. The Morgan fingerprint density at radius 1 is 1.47 bits per heavy atom. The van der Waals surface area contributed by atoms with Crippen molar-refractivity contribution in [1.82, 2.24) is 10.2 Å². The maximum absolute atomic E-state index is 13.1. The van der Waals surface area contributed by atoms with Crippen LogP contribution in [0.2, 0.25) is 0 Å². The van der Waals surface area contributed by atoms with Crippen LogP contribution in [-0.4, -0.2) is 42.5 Å². The molecule has 1 saturated carbocycles. The van der Waals surface area contributed by atoms with Gasteiger partial charge in [0.2, 0.25) is 0 Å². The lowest BCUT2D eigenvalue weighted by Crippen LogP contribution is -2.53. The number of rotatable bonds is 5. The maximum atomic E-state index is 13.1. The molecule has 1 aliphatic heterocycles. The second-order valence-corrected chi connectivity index (χ2v) is 4.84. The number of nitrogens with zero attached hydrogens (tertiary/aromatic N) is 1. The van der Waals surface area contributed by atoms with Gasteiger partial charge < -0.3 is 5.32 Å². The van der Waals surface area contributed by atoms with Crippen LogP contribution in [-0.2, 0) is 0 Å². The quantitative estimate of drug-likeness (QED) is 0.757. The van der Waals surface area contributed by atoms with Gasteiger partial charge in [0, 0.05) is 19.1 Å². The molecule has 2 fully saturated rings. The van der Waals surface area contributed by atoms with E-state index in [2.05, 4.69) is 10.2 Å². The average molecular weight is 218 g/mol. The van der Waals surface area contributed by atoms with Crippen molar-refractivity contribution in [3.63, 3.8) is 0 Å². The minimum atomic E-state index is -2.24. The van der Waals surface area contributed by atoms with Gasteiger partial charge in [-0.3, -0.25) is 4.90 Å². The molecule has 0 radical (unpaired) electrons. The molecule has 0 aromatic heterocycles. The van der Waals surface area contributed by atoms with Crippen LogP contribution in [0.3, 0.4) is 0 Å². The Kier molecular flexibility index (Phi) is 3.26. The Bertz CT molecular complexity index is 219. The van der Waals surface area contributed by atoms with Gasteiger partial charge in [0.05, 0.1) is 5.54 Å². The van der Waals surface area contributed by atoms with Gasteiger partial charge in [-0.25, -0.2) is 8.78 Å². The van der Waals surface area contributed by atoms with Crippen LogP contribution < -0.4 is 5.32 Å². The number of likely N-dealkylation sites (tertiary alicyclic amines) is 1. The zero-order valence-corrected chi connectivity index (χ0v) is 9.31. The Labute approximate surface area is 90.0 Å². The fraction of sp³-hybridized carbons (Fsp3) is 1.00. The third-order valence-corrected chi connectivity index (χ3v) is 3.54. The molecule has 2 nitrogen and oxygen atoms in total. The van der Waals surface area contributed by atoms with Crippen molar-refractivity contribution in [1.29, 1.82) is 0 Å². The molecule has 4 heteroatoms. The first-order valence-corrected chi connectivity index (χ1v) is 5.95.